The molecule has 0 aromatic carbocycles. The summed E-state index contributed by atoms with van der Waals surface area (Å²) in [6.07, 6.45) is 7.73. The first-order chi connectivity index (χ1) is 8.70. The van der Waals surface area contributed by atoms with E-state index in [0.29, 0.717) is 12.8 Å². The summed E-state index contributed by atoms with van der Waals surface area (Å²) in [5.74, 6) is 0.249. The van der Waals surface area contributed by atoms with E-state index in [1.165, 1.54) is 0 Å². The molecule has 0 spiro atoms. The van der Waals surface area contributed by atoms with E-state index in [9.17, 15) is 9.59 Å². The molecule has 0 aliphatic heterocycles. The van der Waals surface area contributed by atoms with E-state index in [2.05, 4.69) is 10.6 Å². The summed E-state index contributed by atoms with van der Waals surface area (Å²) < 4.78 is 0. The zero-order valence-electron chi connectivity index (χ0n) is 12.5. The second-order valence-electron chi connectivity index (χ2n) is 3.97. The predicted octanol–water partition coefficient (Wildman–Crippen LogP) is 2.63. The van der Waals surface area contributed by atoms with Crippen molar-refractivity contribution < 1.29 is 9.59 Å². The molecule has 2 N–H and O–H groups in total. The minimum atomic E-state index is 0.125. The molecule has 0 aromatic rings. The Kier molecular flexibility index (Phi) is 17.1. The van der Waals surface area contributed by atoms with Gasteiger partial charge in [0.15, 0.2) is 0 Å². The van der Waals surface area contributed by atoms with Gasteiger partial charge in [-0.05, 0) is 12.8 Å². The van der Waals surface area contributed by atoms with Gasteiger partial charge in [-0.2, -0.15) is 0 Å². The van der Waals surface area contributed by atoms with Crippen molar-refractivity contribution in [1.29, 1.82) is 0 Å². The van der Waals surface area contributed by atoms with Gasteiger partial charge in [-0.1, -0.05) is 39.5 Å². The van der Waals surface area contributed by atoms with E-state index in [-0.39, 0.29) is 11.8 Å². The molecule has 0 saturated carbocycles. The zero-order valence-corrected chi connectivity index (χ0v) is 12.5. The maximum absolute atomic E-state index is 10.9. The van der Waals surface area contributed by atoms with Gasteiger partial charge in [0.1, 0.15) is 0 Å². The van der Waals surface area contributed by atoms with E-state index < -0.39 is 0 Å². The van der Waals surface area contributed by atoms with E-state index in [0.717, 1.165) is 38.5 Å². The molecule has 108 valence electrons. The molecule has 0 aromatic heterocycles. The summed E-state index contributed by atoms with van der Waals surface area (Å²) in [5.41, 5.74) is 0. The molecule has 0 radical (unpaired) electrons. The molecule has 0 aliphatic carbocycles. The van der Waals surface area contributed by atoms with E-state index >= 15 is 0 Å². The minimum Gasteiger partial charge on any atom is -0.359 e. The first kappa shape index (κ1) is 19.3. The number of nitrogens with one attached hydrogen (secondary N) is 2. The third-order valence-electron chi connectivity index (χ3n) is 2.62. The summed E-state index contributed by atoms with van der Waals surface area (Å²) in [5, 5.41) is 5.22. The molecule has 0 aliphatic rings. The second kappa shape index (κ2) is 15.9. The van der Waals surface area contributed by atoms with Gasteiger partial charge in [0.25, 0.3) is 0 Å². The van der Waals surface area contributed by atoms with Crippen LogP contribution in [0.3, 0.4) is 0 Å². The lowest BCUT2D eigenvalue weighted by molar-refractivity contribution is -0.121. The average molecular weight is 258 g/mol. The van der Waals surface area contributed by atoms with Crippen molar-refractivity contribution >= 4 is 11.8 Å². The van der Waals surface area contributed by atoms with Gasteiger partial charge in [-0.15, -0.1) is 0 Å². The van der Waals surface area contributed by atoms with Gasteiger partial charge < -0.3 is 10.6 Å². The van der Waals surface area contributed by atoms with Gasteiger partial charge in [0.05, 0.1) is 0 Å². The van der Waals surface area contributed by atoms with Crippen LogP contribution in [0, 0.1) is 0 Å². The van der Waals surface area contributed by atoms with Crippen LogP contribution >= 0.6 is 0 Å². The molecule has 0 rings (SSSR count). The fourth-order valence-electron chi connectivity index (χ4n) is 1.53. The first-order valence-corrected chi connectivity index (χ1v) is 7.12. The summed E-state index contributed by atoms with van der Waals surface area (Å²) in [6, 6.07) is 0. The number of amides is 2. The van der Waals surface area contributed by atoms with Gasteiger partial charge in [-0.25, -0.2) is 0 Å². The van der Waals surface area contributed by atoms with Crippen LogP contribution in [-0.4, -0.2) is 25.9 Å². The third-order valence-corrected chi connectivity index (χ3v) is 2.62. The van der Waals surface area contributed by atoms with Crippen LogP contribution in [0.15, 0.2) is 0 Å². The Bertz CT molecular complexity index is 184. The van der Waals surface area contributed by atoms with Crippen molar-refractivity contribution in [3.05, 3.63) is 0 Å². The van der Waals surface area contributed by atoms with E-state index in [1.54, 1.807) is 14.1 Å². The highest BCUT2D eigenvalue weighted by atomic mass is 16.2. The molecule has 0 heterocycles. The van der Waals surface area contributed by atoms with Gasteiger partial charge in [-0.3, -0.25) is 9.59 Å². The Morgan fingerprint density at radius 1 is 0.667 bits per heavy atom. The van der Waals surface area contributed by atoms with Crippen LogP contribution in [0.5, 0.6) is 0 Å². The highest BCUT2D eigenvalue weighted by molar-refractivity contribution is 5.75. The molecule has 0 saturated heterocycles. The second-order valence-corrected chi connectivity index (χ2v) is 3.97. The number of carbonyl (C=O) groups excluding carboxylic acids is 2. The number of rotatable bonds is 9. The van der Waals surface area contributed by atoms with Crippen LogP contribution in [0.1, 0.15) is 65.2 Å². The molecular weight excluding hydrogens is 228 g/mol. The molecule has 4 heteroatoms. The van der Waals surface area contributed by atoms with E-state index in [1.807, 2.05) is 13.8 Å². The van der Waals surface area contributed by atoms with Crippen molar-refractivity contribution in [2.45, 2.75) is 65.2 Å². The number of unbranched alkanes of at least 4 members (excludes halogenated alkanes) is 5. The molecule has 0 unspecified atom stereocenters. The summed E-state index contributed by atoms with van der Waals surface area (Å²) in [6.45, 7) is 4.00. The van der Waals surface area contributed by atoms with E-state index in [4.69, 9.17) is 0 Å². The smallest absolute Gasteiger partial charge is 0.219 e. The quantitative estimate of drug-likeness (QED) is 0.625. The summed E-state index contributed by atoms with van der Waals surface area (Å²) in [7, 11) is 3.34. The van der Waals surface area contributed by atoms with Crippen LogP contribution < -0.4 is 10.6 Å². The fourth-order valence-corrected chi connectivity index (χ4v) is 1.53. The van der Waals surface area contributed by atoms with Crippen LogP contribution in [0.4, 0.5) is 0 Å². The lowest BCUT2D eigenvalue weighted by atomic mass is 10.1. The highest BCUT2D eigenvalue weighted by Gasteiger charge is 1.99. The molecular formula is C14H30N2O2. The summed E-state index contributed by atoms with van der Waals surface area (Å²) >= 11 is 0. The Morgan fingerprint density at radius 2 is 0.944 bits per heavy atom. The fraction of sp³-hybridized carbons (Fsp3) is 0.857. The number of hydrogen-bond donors (Lipinski definition) is 2. The highest BCUT2D eigenvalue weighted by Crippen LogP contribution is 2.08. The first-order valence-electron chi connectivity index (χ1n) is 7.12. The van der Waals surface area contributed by atoms with Crippen LogP contribution in [0.2, 0.25) is 0 Å². The van der Waals surface area contributed by atoms with Gasteiger partial charge >= 0.3 is 0 Å². The Morgan fingerprint density at radius 3 is 1.22 bits per heavy atom. The van der Waals surface area contributed by atoms with Gasteiger partial charge in [0, 0.05) is 26.9 Å². The average Bonchev–Trinajstić information content (AvgIpc) is 2.43. The Hall–Kier alpha value is -1.06. The zero-order chi connectivity index (χ0) is 14.2. The van der Waals surface area contributed by atoms with Crippen molar-refractivity contribution in [1.82, 2.24) is 10.6 Å². The predicted molar refractivity (Wildman–Crippen MR) is 76.4 cm³/mol. The Balaban J connectivity index is 0. The van der Waals surface area contributed by atoms with Crippen LogP contribution in [0.25, 0.3) is 0 Å². The number of carbonyl (C=O) groups is 2. The maximum Gasteiger partial charge on any atom is 0.219 e. The third kappa shape index (κ3) is 14.9. The lowest BCUT2D eigenvalue weighted by Gasteiger charge is -2.02. The molecule has 0 bridgehead atoms. The van der Waals surface area contributed by atoms with Crippen molar-refractivity contribution in [2.75, 3.05) is 14.1 Å². The topological polar surface area (TPSA) is 58.2 Å². The van der Waals surface area contributed by atoms with Gasteiger partial charge in [0.2, 0.25) is 11.8 Å². The standard InChI is InChI=1S/C12H24N2O2.C2H6/c1-13-11(15)9-7-5-3-4-6-8-10-12(16)14-2;1-2/h3-10H2,1-2H3,(H,13,15)(H,14,16);1-2H3. The van der Waals surface area contributed by atoms with Crippen molar-refractivity contribution in [3.8, 4) is 0 Å². The molecule has 18 heavy (non-hydrogen) atoms. The normalized spacial score (nSPS) is 9.11. The number of hydrogen-bond acceptors (Lipinski definition) is 2. The van der Waals surface area contributed by atoms with Crippen molar-refractivity contribution in [3.63, 3.8) is 0 Å². The van der Waals surface area contributed by atoms with Crippen molar-refractivity contribution in [2.24, 2.45) is 0 Å². The SMILES string of the molecule is CC.CNC(=O)CCCCCCCCC(=O)NC. The summed E-state index contributed by atoms with van der Waals surface area (Å²) in [4.78, 5) is 21.8. The Labute approximate surface area is 112 Å². The largest absolute Gasteiger partial charge is 0.359 e. The molecule has 2 amide bonds. The lowest BCUT2D eigenvalue weighted by Crippen LogP contribution is -2.17. The monoisotopic (exact) mass is 258 g/mol. The molecule has 0 fully saturated rings. The maximum atomic E-state index is 10.9. The minimum absolute atomic E-state index is 0.125. The van der Waals surface area contributed by atoms with Crippen LogP contribution in [-0.2, 0) is 9.59 Å². The molecule has 4 nitrogen and oxygen atoms in total. The molecule has 0 atom stereocenters.